The van der Waals surface area contributed by atoms with Crippen LogP contribution in [0.25, 0.3) is 32.7 Å². The van der Waals surface area contributed by atoms with Crippen LogP contribution in [0.3, 0.4) is 0 Å². The maximum Gasteiger partial charge on any atom is 0.146 e. The Hall–Kier alpha value is -1.97. The average molecular weight is 322 g/mol. The average Bonchev–Trinajstić information content (AvgIpc) is 3.16. The zero-order valence-corrected chi connectivity index (χ0v) is 13.7. The van der Waals surface area contributed by atoms with Gasteiger partial charge in [-0.05, 0) is 30.0 Å². The van der Waals surface area contributed by atoms with Gasteiger partial charge in [-0.3, -0.25) is 0 Å². The van der Waals surface area contributed by atoms with Crippen LogP contribution in [0.4, 0.5) is 0 Å². The fraction of sp³-hybridized carbons (Fsp3) is 0.0526. The lowest BCUT2D eigenvalue weighted by Gasteiger charge is -2.00. The highest BCUT2D eigenvalue weighted by Crippen LogP contribution is 2.39. The third-order valence-corrected chi connectivity index (χ3v) is 5.47. The van der Waals surface area contributed by atoms with Gasteiger partial charge >= 0.3 is 0 Å². The van der Waals surface area contributed by atoms with Gasteiger partial charge in [-0.1, -0.05) is 42.5 Å². The Bertz CT molecular complexity index is 902. The zero-order chi connectivity index (χ0) is 14.9. The van der Waals surface area contributed by atoms with Crippen LogP contribution in [0.5, 0.6) is 0 Å². The van der Waals surface area contributed by atoms with Gasteiger partial charge in [0.15, 0.2) is 0 Å². The highest BCUT2D eigenvalue weighted by molar-refractivity contribution is 7.98. The molecule has 0 aliphatic rings. The van der Waals surface area contributed by atoms with Crippen molar-refractivity contribution in [3.63, 3.8) is 0 Å². The fourth-order valence-electron chi connectivity index (χ4n) is 2.56. The molecule has 2 aromatic heterocycles. The first-order chi connectivity index (χ1) is 10.8. The van der Waals surface area contributed by atoms with Crippen LogP contribution in [-0.4, -0.2) is 6.26 Å². The van der Waals surface area contributed by atoms with Gasteiger partial charge in [0.2, 0.25) is 0 Å². The molecular weight excluding hydrogens is 308 g/mol. The standard InChI is InChI=1S/C19H14OS2/c1-21-15-9-7-14(8-10-15)19-16-11-17(20-18(16)12-22-19)13-5-3-2-4-6-13/h2-12H,1H3. The van der Waals surface area contributed by atoms with Gasteiger partial charge < -0.3 is 4.42 Å². The molecule has 3 heteroatoms. The molecule has 2 aromatic carbocycles. The summed E-state index contributed by atoms with van der Waals surface area (Å²) in [4.78, 5) is 2.56. The molecule has 0 aliphatic carbocycles. The number of fused-ring (bicyclic) bond motifs is 1. The molecular formula is C19H14OS2. The lowest BCUT2D eigenvalue weighted by atomic mass is 10.1. The van der Waals surface area contributed by atoms with E-state index < -0.39 is 0 Å². The molecule has 1 nitrogen and oxygen atoms in total. The molecule has 4 aromatic rings. The quantitative estimate of drug-likeness (QED) is 0.397. The van der Waals surface area contributed by atoms with Crippen LogP contribution in [0.1, 0.15) is 0 Å². The second-order valence-corrected chi connectivity index (χ2v) is 6.81. The summed E-state index contributed by atoms with van der Waals surface area (Å²) >= 11 is 3.50. The third-order valence-electron chi connectivity index (χ3n) is 3.70. The molecule has 0 aliphatic heterocycles. The second-order valence-electron chi connectivity index (χ2n) is 5.05. The predicted molar refractivity (Wildman–Crippen MR) is 96.7 cm³/mol. The van der Waals surface area contributed by atoms with Gasteiger partial charge in [-0.15, -0.1) is 23.1 Å². The van der Waals surface area contributed by atoms with Crippen molar-refractivity contribution in [3.05, 3.63) is 66.0 Å². The van der Waals surface area contributed by atoms with Gasteiger partial charge in [0, 0.05) is 26.1 Å². The van der Waals surface area contributed by atoms with E-state index in [1.54, 1.807) is 23.1 Å². The molecule has 2 heterocycles. The van der Waals surface area contributed by atoms with Crippen molar-refractivity contribution in [1.82, 2.24) is 0 Å². The lowest BCUT2D eigenvalue weighted by molar-refractivity contribution is 0.633. The number of benzene rings is 2. The first-order valence-corrected chi connectivity index (χ1v) is 9.16. The molecule has 0 spiro atoms. The van der Waals surface area contributed by atoms with E-state index in [1.807, 2.05) is 18.2 Å². The topological polar surface area (TPSA) is 13.1 Å². The molecule has 0 saturated heterocycles. The van der Waals surface area contributed by atoms with Gasteiger partial charge in [0.25, 0.3) is 0 Å². The predicted octanol–water partition coefficient (Wildman–Crippen LogP) is 6.55. The van der Waals surface area contributed by atoms with E-state index >= 15 is 0 Å². The lowest BCUT2D eigenvalue weighted by Crippen LogP contribution is -1.74. The van der Waals surface area contributed by atoms with E-state index in [0.717, 1.165) is 16.9 Å². The summed E-state index contributed by atoms with van der Waals surface area (Å²) in [5.41, 5.74) is 3.33. The van der Waals surface area contributed by atoms with Crippen molar-refractivity contribution >= 4 is 34.1 Å². The van der Waals surface area contributed by atoms with Crippen LogP contribution in [0, 0.1) is 0 Å². The minimum Gasteiger partial charge on any atom is -0.455 e. The van der Waals surface area contributed by atoms with E-state index in [2.05, 4.69) is 54.1 Å². The van der Waals surface area contributed by atoms with E-state index in [-0.39, 0.29) is 0 Å². The van der Waals surface area contributed by atoms with Crippen molar-refractivity contribution in [3.8, 4) is 21.8 Å². The van der Waals surface area contributed by atoms with E-state index in [1.165, 1.54) is 20.7 Å². The largest absolute Gasteiger partial charge is 0.455 e. The van der Waals surface area contributed by atoms with E-state index in [4.69, 9.17) is 4.42 Å². The first kappa shape index (κ1) is 13.7. The van der Waals surface area contributed by atoms with Gasteiger partial charge in [0.1, 0.15) is 11.3 Å². The molecule has 0 N–H and O–H groups in total. The number of rotatable bonds is 3. The first-order valence-electron chi connectivity index (χ1n) is 7.06. The molecule has 0 radical (unpaired) electrons. The Kier molecular flexibility index (Phi) is 3.53. The maximum atomic E-state index is 6.01. The number of hydrogen-bond acceptors (Lipinski definition) is 3. The summed E-state index contributed by atoms with van der Waals surface area (Å²) in [6.45, 7) is 0. The second kappa shape index (κ2) is 5.67. The summed E-state index contributed by atoms with van der Waals surface area (Å²) in [6.07, 6.45) is 2.10. The smallest absolute Gasteiger partial charge is 0.146 e. The van der Waals surface area contributed by atoms with Crippen LogP contribution in [0.2, 0.25) is 0 Å². The molecule has 108 valence electrons. The van der Waals surface area contributed by atoms with Crippen LogP contribution in [-0.2, 0) is 0 Å². The van der Waals surface area contributed by atoms with Crippen molar-refractivity contribution in [1.29, 1.82) is 0 Å². The molecule has 0 atom stereocenters. The molecule has 0 unspecified atom stereocenters. The highest BCUT2D eigenvalue weighted by atomic mass is 32.2. The van der Waals surface area contributed by atoms with E-state index in [0.29, 0.717) is 0 Å². The van der Waals surface area contributed by atoms with Crippen molar-refractivity contribution in [2.75, 3.05) is 6.26 Å². The number of thioether (sulfide) groups is 1. The van der Waals surface area contributed by atoms with Gasteiger partial charge in [-0.2, -0.15) is 0 Å². The van der Waals surface area contributed by atoms with E-state index in [9.17, 15) is 0 Å². The SMILES string of the molecule is CSc1ccc(-c2scc3oc(-c4ccccc4)cc23)cc1. The Morgan fingerprint density at radius 3 is 2.41 bits per heavy atom. The number of hydrogen-bond donors (Lipinski definition) is 0. The Labute approximate surface area is 137 Å². The molecule has 4 rings (SSSR count). The number of furan rings is 1. The highest BCUT2D eigenvalue weighted by Gasteiger charge is 2.13. The summed E-state index contributed by atoms with van der Waals surface area (Å²) < 4.78 is 6.01. The monoisotopic (exact) mass is 322 g/mol. The van der Waals surface area contributed by atoms with Crippen LogP contribution in [0.15, 0.2) is 75.4 Å². The van der Waals surface area contributed by atoms with Crippen LogP contribution >= 0.6 is 23.1 Å². The molecule has 0 fully saturated rings. The van der Waals surface area contributed by atoms with Crippen molar-refractivity contribution < 1.29 is 4.42 Å². The minimum atomic E-state index is 0.931. The maximum absolute atomic E-state index is 6.01. The minimum absolute atomic E-state index is 0.931. The molecule has 0 bridgehead atoms. The zero-order valence-electron chi connectivity index (χ0n) is 12.1. The summed E-state index contributed by atoms with van der Waals surface area (Å²) in [5.74, 6) is 0.931. The molecule has 0 amide bonds. The fourth-order valence-corrected chi connectivity index (χ4v) is 3.92. The van der Waals surface area contributed by atoms with Gasteiger partial charge in [-0.25, -0.2) is 0 Å². The summed E-state index contributed by atoms with van der Waals surface area (Å²) in [5, 5.41) is 3.29. The Morgan fingerprint density at radius 1 is 0.909 bits per heavy atom. The van der Waals surface area contributed by atoms with Crippen LogP contribution < -0.4 is 0 Å². The summed E-state index contributed by atoms with van der Waals surface area (Å²) in [7, 11) is 0. The molecule has 0 saturated carbocycles. The normalized spacial score (nSPS) is 11.1. The Morgan fingerprint density at radius 2 is 1.68 bits per heavy atom. The van der Waals surface area contributed by atoms with Crippen molar-refractivity contribution in [2.24, 2.45) is 0 Å². The third kappa shape index (κ3) is 2.36. The Balaban J connectivity index is 1.80. The van der Waals surface area contributed by atoms with Gasteiger partial charge in [0.05, 0.1) is 0 Å². The molecule has 22 heavy (non-hydrogen) atoms. The van der Waals surface area contributed by atoms with Crippen molar-refractivity contribution in [2.45, 2.75) is 4.90 Å². The summed E-state index contributed by atoms with van der Waals surface area (Å²) in [6, 6.07) is 21.1. The number of thiophene rings is 1.